The van der Waals surface area contributed by atoms with Crippen LogP contribution >= 0.6 is 0 Å². The van der Waals surface area contributed by atoms with E-state index in [4.69, 9.17) is 5.11 Å². The molecule has 0 fully saturated rings. The predicted octanol–water partition coefficient (Wildman–Crippen LogP) is 3.21. The molecule has 0 atom stereocenters. The second-order valence-corrected chi connectivity index (χ2v) is 6.03. The van der Waals surface area contributed by atoms with E-state index in [0.717, 1.165) is 13.0 Å². The summed E-state index contributed by atoms with van der Waals surface area (Å²) < 4.78 is 0. The first-order valence-electron chi connectivity index (χ1n) is 7.33. The fourth-order valence-electron chi connectivity index (χ4n) is 1.99. The van der Waals surface area contributed by atoms with Gasteiger partial charge in [-0.25, -0.2) is 0 Å². The first-order valence-corrected chi connectivity index (χ1v) is 7.33. The van der Waals surface area contributed by atoms with Gasteiger partial charge in [0.25, 0.3) is 0 Å². The fraction of sp³-hybridized carbons (Fsp3) is 0.933. The Balaban J connectivity index is 3.94. The van der Waals surface area contributed by atoms with Gasteiger partial charge in [-0.2, -0.15) is 0 Å². The highest BCUT2D eigenvalue weighted by Gasteiger charge is 2.26. The molecule has 3 heteroatoms. The molecule has 0 aliphatic rings. The van der Waals surface area contributed by atoms with Crippen LogP contribution in [0.25, 0.3) is 0 Å². The lowest BCUT2D eigenvalue weighted by Crippen LogP contribution is -2.41. The second-order valence-electron chi connectivity index (χ2n) is 6.03. The third kappa shape index (κ3) is 7.70. The fourth-order valence-corrected chi connectivity index (χ4v) is 1.99. The van der Waals surface area contributed by atoms with Crippen molar-refractivity contribution in [2.24, 2.45) is 5.41 Å². The van der Waals surface area contributed by atoms with Crippen molar-refractivity contribution in [3.05, 3.63) is 0 Å². The molecular formula is C15H31NO2. The smallest absolute Gasteiger partial charge is 0.228 e. The molecule has 0 rings (SSSR count). The van der Waals surface area contributed by atoms with Gasteiger partial charge in [0.05, 0.1) is 6.61 Å². The molecule has 0 aliphatic heterocycles. The van der Waals surface area contributed by atoms with Crippen LogP contribution in [0, 0.1) is 5.41 Å². The van der Waals surface area contributed by atoms with Gasteiger partial charge in [-0.15, -0.1) is 0 Å². The standard InChI is InChI=1S/C15H31NO2/c1-5-6-7-8-9-10-11-16(12-13-17)14(18)15(2,3)4/h17H,5-13H2,1-4H3. The summed E-state index contributed by atoms with van der Waals surface area (Å²) in [7, 11) is 0. The Morgan fingerprint density at radius 2 is 1.56 bits per heavy atom. The zero-order chi connectivity index (χ0) is 14.0. The van der Waals surface area contributed by atoms with Gasteiger partial charge in [0.15, 0.2) is 0 Å². The second kappa shape index (κ2) is 9.37. The van der Waals surface area contributed by atoms with Crippen LogP contribution in [0.3, 0.4) is 0 Å². The van der Waals surface area contributed by atoms with Gasteiger partial charge in [-0.1, -0.05) is 59.8 Å². The summed E-state index contributed by atoms with van der Waals surface area (Å²) in [6.45, 7) is 9.30. The van der Waals surface area contributed by atoms with Crippen LogP contribution in [0.1, 0.15) is 66.2 Å². The molecule has 0 saturated carbocycles. The lowest BCUT2D eigenvalue weighted by molar-refractivity contribution is -0.140. The third-order valence-electron chi connectivity index (χ3n) is 3.08. The summed E-state index contributed by atoms with van der Waals surface area (Å²) in [4.78, 5) is 13.9. The molecule has 18 heavy (non-hydrogen) atoms. The van der Waals surface area contributed by atoms with Crippen LogP contribution in [0.15, 0.2) is 0 Å². The van der Waals surface area contributed by atoms with E-state index in [1.54, 1.807) is 4.90 Å². The Bertz CT molecular complexity index is 221. The first-order chi connectivity index (χ1) is 8.43. The van der Waals surface area contributed by atoms with Crippen molar-refractivity contribution >= 4 is 5.91 Å². The molecule has 0 saturated heterocycles. The molecule has 0 bridgehead atoms. The molecule has 0 aromatic rings. The Kier molecular flexibility index (Phi) is 9.08. The number of aliphatic hydroxyl groups is 1. The van der Waals surface area contributed by atoms with Gasteiger partial charge in [0.1, 0.15) is 0 Å². The summed E-state index contributed by atoms with van der Waals surface area (Å²) in [6.07, 6.45) is 7.35. The van der Waals surface area contributed by atoms with Gasteiger partial charge in [-0.3, -0.25) is 4.79 Å². The summed E-state index contributed by atoms with van der Waals surface area (Å²) in [5, 5.41) is 9.03. The molecule has 0 spiro atoms. The first kappa shape index (κ1) is 17.4. The summed E-state index contributed by atoms with van der Waals surface area (Å²) in [5.74, 6) is 0.144. The topological polar surface area (TPSA) is 40.5 Å². The average molecular weight is 257 g/mol. The van der Waals surface area contributed by atoms with Crippen LogP contribution in [0.4, 0.5) is 0 Å². The lowest BCUT2D eigenvalue weighted by Gasteiger charge is -2.29. The molecule has 3 nitrogen and oxygen atoms in total. The lowest BCUT2D eigenvalue weighted by atomic mass is 9.94. The highest BCUT2D eigenvalue weighted by molar-refractivity contribution is 5.81. The molecule has 0 heterocycles. The van der Waals surface area contributed by atoms with Crippen LogP contribution in [-0.4, -0.2) is 35.6 Å². The number of rotatable bonds is 9. The maximum absolute atomic E-state index is 12.1. The van der Waals surface area contributed by atoms with Gasteiger partial charge < -0.3 is 10.0 Å². The third-order valence-corrected chi connectivity index (χ3v) is 3.08. The van der Waals surface area contributed by atoms with E-state index < -0.39 is 0 Å². The van der Waals surface area contributed by atoms with Gasteiger partial charge in [0.2, 0.25) is 5.91 Å². The Morgan fingerprint density at radius 1 is 1.00 bits per heavy atom. The number of amides is 1. The molecule has 0 unspecified atom stereocenters. The number of aliphatic hydroxyl groups excluding tert-OH is 1. The number of carbonyl (C=O) groups is 1. The number of hydrogen-bond donors (Lipinski definition) is 1. The summed E-state index contributed by atoms with van der Waals surface area (Å²) in [6, 6.07) is 0. The van der Waals surface area contributed by atoms with Crippen molar-refractivity contribution < 1.29 is 9.90 Å². The van der Waals surface area contributed by atoms with E-state index >= 15 is 0 Å². The van der Waals surface area contributed by atoms with Crippen LogP contribution in [0.5, 0.6) is 0 Å². The van der Waals surface area contributed by atoms with Gasteiger partial charge in [0, 0.05) is 18.5 Å². The molecule has 0 aromatic heterocycles. The van der Waals surface area contributed by atoms with Crippen molar-refractivity contribution in [2.45, 2.75) is 66.2 Å². The average Bonchev–Trinajstić information content (AvgIpc) is 2.30. The quantitative estimate of drug-likeness (QED) is 0.644. The minimum atomic E-state index is -0.350. The minimum Gasteiger partial charge on any atom is -0.395 e. The normalized spacial score (nSPS) is 11.6. The molecule has 0 aromatic carbocycles. The van der Waals surface area contributed by atoms with Crippen molar-refractivity contribution in [3.63, 3.8) is 0 Å². The Hall–Kier alpha value is -0.570. The Labute approximate surface area is 113 Å². The molecule has 0 radical (unpaired) electrons. The monoisotopic (exact) mass is 257 g/mol. The zero-order valence-electron chi connectivity index (χ0n) is 12.7. The number of carbonyl (C=O) groups excluding carboxylic acids is 1. The van der Waals surface area contributed by atoms with E-state index in [2.05, 4.69) is 6.92 Å². The maximum Gasteiger partial charge on any atom is 0.228 e. The summed E-state index contributed by atoms with van der Waals surface area (Å²) >= 11 is 0. The van der Waals surface area contributed by atoms with Crippen molar-refractivity contribution in [1.82, 2.24) is 4.90 Å². The van der Waals surface area contributed by atoms with E-state index in [-0.39, 0.29) is 17.9 Å². The highest BCUT2D eigenvalue weighted by Crippen LogP contribution is 2.18. The van der Waals surface area contributed by atoms with Crippen LogP contribution < -0.4 is 0 Å². The van der Waals surface area contributed by atoms with Crippen LogP contribution in [-0.2, 0) is 4.79 Å². The molecule has 0 aliphatic carbocycles. The Morgan fingerprint density at radius 3 is 2.06 bits per heavy atom. The van der Waals surface area contributed by atoms with Crippen molar-refractivity contribution in [1.29, 1.82) is 0 Å². The van der Waals surface area contributed by atoms with E-state index in [0.29, 0.717) is 6.54 Å². The van der Waals surface area contributed by atoms with E-state index in [1.807, 2.05) is 20.8 Å². The highest BCUT2D eigenvalue weighted by atomic mass is 16.3. The van der Waals surface area contributed by atoms with Crippen LogP contribution in [0.2, 0.25) is 0 Å². The maximum atomic E-state index is 12.1. The van der Waals surface area contributed by atoms with E-state index in [1.165, 1.54) is 32.1 Å². The largest absolute Gasteiger partial charge is 0.395 e. The molecule has 1 N–H and O–H groups in total. The number of nitrogens with zero attached hydrogens (tertiary/aromatic N) is 1. The van der Waals surface area contributed by atoms with Gasteiger partial charge >= 0.3 is 0 Å². The van der Waals surface area contributed by atoms with Gasteiger partial charge in [-0.05, 0) is 6.42 Å². The number of hydrogen-bond acceptors (Lipinski definition) is 2. The summed E-state index contributed by atoms with van der Waals surface area (Å²) in [5.41, 5.74) is -0.350. The molecule has 1 amide bonds. The number of unbranched alkanes of at least 4 members (excludes halogenated alkanes) is 5. The molecule has 108 valence electrons. The predicted molar refractivity (Wildman–Crippen MR) is 76.5 cm³/mol. The van der Waals surface area contributed by atoms with Crippen molar-refractivity contribution in [3.8, 4) is 0 Å². The minimum absolute atomic E-state index is 0.0532. The van der Waals surface area contributed by atoms with Crippen molar-refractivity contribution in [2.75, 3.05) is 19.7 Å². The molecular weight excluding hydrogens is 226 g/mol. The zero-order valence-corrected chi connectivity index (χ0v) is 12.7. The van der Waals surface area contributed by atoms with E-state index in [9.17, 15) is 4.79 Å². The SMILES string of the molecule is CCCCCCCCN(CCO)C(=O)C(C)(C)C.